The minimum Gasteiger partial charge on any atom is -0.486 e. The van der Waals surface area contributed by atoms with E-state index in [0.717, 1.165) is 76.3 Å². The van der Waals surface area contributed by atoms with Crippen molar-refractivity contribution >= 4 is 60.9 Å². The SMILES string of the molecule is CC1(CCCOc2ccn(-c3ccc4c(n3)N3C[C@@H](CCCNc5ccc(OCc6ccccc6)c(n5)S(=O)(=O)NC4=O)CC3(C)C)n2)CC1.Cc1ccc(NCCC[C@@H]2CNC(C)(C)C2)nc1S(=O)(=O)NC(=O)c1ccc(-n2ccc(OCCCC3(C)CC3)n2)nc1Cl. The smallest absolute Gasteiger partial charge is 0.285 e. The summed E-state index contributed by atoms with van der Waals surface area (Å²) >= 11 is 6.33. The second-order valence-corrected chi connectivity index (χ2v) is 31.3. The lowest BCUT2D eigenvalue weighted by atomic mass is 9.93. The number of rotatable bonds is 23. The van der Waals surface area contributed by atoms with Crippen LogP contribution in [-0.4, -0.2) is 119 Å². The first-order chi connectivity index (χ1) is 44.8. The lowest BCUT2D eigenvalue weighted by Crippen LogP contribution is -2.41. The molecular weight excluding hydrogens is 1260 g/mol. The molecule has 0 unspecified atom stereocenters. The maximum Gasteiger partial charge on any atom is 0.285 e. The number of pyridine rings is 4. The van der Waals surface area contributed by atoms with Crippen LogP contribution in [0, 0.1) is 29.6 Å². The number of hydrogen-bond donors (Lipinski definition) is 5. The molecule has 5 aliphatic rings. The summed E-state index contributed by atoms with van der Waals surface area (Å²) in [6.07, 6.45) is 18.7. The molecule has 9 heterocycles. The van der Waals surface area contributed by atoms with Gasteiger partial charge in [0.15, 0.2) is 22.4 Å². The van der Waals surface area contributed by atoms with Crippen molar-refractivity contribution < 1.29 is 40.6 Å². The third-order valence-corrected chi connectivity index (χ3v) is 21.4. The van der Waals surface area contributed by atoms with Gasteiger partial charge in [0.05, 0.1) is 24.3 Å². The van der Waals surface area contributed by atoms with E-state index in [2.05, 4.69) is 97.0 Å². The summed E-state index contributed by atoms with van der Waals surface area (Å²) in [5.74, 6) is 2.33. The van der Waals surface area contributed by atoms with E-state index in [9.17, 15) is 26.4 Å². The predicted molar refractivity (Wildman–Crippen MR) is 360 cm³/mol. The van der Waals surface area contributed by atoms with Crippen LogP contribution in [0.1, 0.15) is 163 Å². The van der Waals surface area contributed by atoms with E-state index < -0.39 is 31.9 Å². The van der Waals surface area contributed by atoms with Crippen LogP contribution in [0.4, 0.5) is 17.5 Å². The van der Waals surface area contributed by atoms with Gasteiger partial charge < -0.3 is 35.1 Å². The van der Waals surface area contributed by atoms with Gasteiger partial charge in [-0.15, -0.1) is 10.2 Å². The number of carbonyl (C=O) groups is 2. The Balaban J connectivity index is 0.000000194. The fraction of sp³-hybridized carbons (Fsp3) is 0.500. The van der Waals surface area contributed by atoms with Crippen LogP contribution in [0.2, 0.25) is 5.15 Å². The Morgan fingerprint density at radius 3 is 2.09 bits per heavy atom. The number of sulfonamides is 2. The molecule has 4 fully saturated rings. The van der Waals surface area contributed by atoms with Crippen LogP contribution in [0.5, 0.6) is 17.5 Å². The third-order valence-electron chi connectivity index (χ3n) is 18.5. The van der Waals surface area contributed by atoms with Crippen LogP contribution >= 0.6 is 11.6 Å². The van der Waals surface area contributed by atoms with Crippen LogP contribution in [0.3, 0.4) is 0 Å². The van der Waals surface area contributed by atoms with Gasteiger partial charge in [0.25, 0.3) is 31.9 Å². The number of fused-ring (bicyclic) bond motifs is 6. The van der Waals surface area contributed by atoms with Gasteiger partial charge in [-0.2, -0.15) is 16.8 Å². The van der Waals surface area contributed by atoms with Crippen molar-refractivity contribution in [2.45, 2.75) is 166 Å². The van der Waals surface area contributed by atoms with Gasteiger partial charge in [-0.3, -0.25) is 9.59 Å². The summed E-state index contributed by atoms with van der Waals surface area (Å²) in [6, 6.07) is 25.8. The number of anilines is 3. The first-order valence-corrected chi connectivity index (χ1v) is 36.0. The molecule has 502 valence electrons. The molecule has 0 spiro atoms. The number of aryl methyl sites for hydroxylation is 1. The molecule has 23 nitrogen and oxygen atoms in total. The fourth-order valence-electron chi connectivity index (χ4n) is 12.5. The number of benzene rings is 1. The highest BCUT2D eigenvalue weighted by Gasteiger charge is 2.42. The van der Waals surface area contributed by atoms with Crippen molar-refractivity contribution in [3.05, 3.63) is 131 Å². The van der Waals surface area contributed by atoms with Crippen molar-refractivity contribution in [1.82, 2.24) is 54.3 Å². The molecule has 12 rings (SSSR count). The third kappa shape index (κ3) is 17.3. The molecule has 2 saturated carbocycles. The van der Waals surface area contributed by atoms with E-state index in [-0.39, 0.29) is 49.8 Å². The summed E-state index contributed by atoms with van der Waals surface area (Å²) in [5, 5.41) is 18.2. The van der Waals surface area contributed by atoms with E-state index in [1.807, 2.05) is 30.3 Å². The van der Waals surface area contributed by atoms with E-state index >= 15 is 0 Å². The largest absolute Gasteiger partial charge is 0.486 e. The second kappa shape index (κ2) is 28.2. The number of amides is 2. The fourth-order valence-corrected chi connectivity index (χ4v) is 15.0. The van der Waals surface area contributed by atoms with Gasteiger partial charge in [-0.25, -0.2) is 38.7 Å². The van der Waals surface area contributed by atoms with E-state index in [0.29, 0.717) is 102 Å². The average molecular weight is 1340 g/mol. The highest BCUT2D eigenvalue weighted by molar-refractivity contribution is 7.90. The van der Waals surface area contributed by atoms with E-state index in [1.165, 1.54) is 42.5 Å². The Hall–Kier alpha value is -7.87. The number of nitrogens with zero attached hydrogens (tertiary/aromatic N) is 9. The zero-order chi connectivity index (χ0) is 66.5. The second-order valence-electron chi connectivity index (χ2n) is 27.7. The number of carbonyl (C=O) groups excluding carboxylic acids is 2. The van der Waals surface area contributed by atoms with E-state index in [1.54, 1.807) is 72.5 Å². The molecule has 3 aliphatic heterocycles. The Morgan fingerprint density at radius 1 is 0.766 bits per heavy atom. The van der Waals surface area contributed by atoms with Crippen molar-refractivity contribution in [2.75, 3.05) is 54.9 Å². The molecule has 26 heteroatoms. The van der Waals surface area contributed by atoms with Crippen molar-refractivity contribution in [2.24, 2.45) is 22.7 Å². The molecule has 1 aromatic carbocycles. The maximum atomic E-state index is 14.0. The van der Waals surface area contributed by atoms with Crippen molar-refractivity contribution in [3.8, 4) is 29.1 Å². The molecule has 2 amide bonds. The van der Waals surface area contributed by atoms with Crippen LogP contribution < -0.4 is 44.5 Å². The predicted octanol–water partition coefficient (Wildman–Crippen LogP) is 11.4. The molecule has 2 saturated heterocycles. The zero-order valence-electron chi connectivity index (χ0n) is 54.7. The summed E-state index contributed by atoms with van der Waals surface area (Å²) in [7, 11) is -8.77. The standard InChI is InChI=1S/C37H45N7O5S.C31H42ClN7O4S/c1-36(2)23-27-11-7-20-38-30-14-13-29(49-25-26-9-5-4-6-10-26)35(39-30)50(46,47)42-34(45)28-12-15-31(40-33(28)43(36)24-27)44-21-16-32(41-44)48-22-8-17-37(3)18-19-37;1-21-8-10-24(33-16-5-7-22-19-30(2,3)34-20-22)35-29(21)44(41,42)38-28(40)23-9-11-25(36-27(23)32)39-17-12-26(37-39)43-18-6-13-31(4)14-15-31/h4-6,9-10,12-16,21,27H,7-8,11,17-20,22-25H2,1-3H3,(H,38,39)(H,42,45);8-12,17,22,34H,5-7,13-16,18-20H2,1-4H3,(H,33,35)(H,38,40)/t27-;22-/m00/s1. The van der Waals surface area contributed by atoms with Crippen LogP contribution in [0.15, 0.2) is 113 Å². The lowest BCUT2D eigenvalue weighted by molar-refractivity contribution is 0.0972. The molecule has 0 radical (unpaired) electrons. The molecule has 4 bridgehead atoms. The zero-order valence-corrected chi connectivity index (χ0v) is 57.1. The molecule has 5 N–H and O–H groups in total. The minimum absolute atomic E-state index is 0.0418. The monoisotopic (exact) mass is 1340 g/mol. The lowest BCUT2D eigenvalue weighted by Gasteiger charge is -2.34. The average Bonchev–Trinajstić information content (AvgIpc) is 1.47. The van der Waals surface area contributed by atoms with Crippen LogP contribution in [-0.2, 0) is 26.7 Å². The quantitative estimate of drug-likeness (QED) is 0.0294. The van der Waals surface area contributed by atoms with Crippen molar-refractivity contribution in [3.63, 3.8) is 0 Å². The maximum absolute atomic E-state index is 14.0. The summed E-state index contributed by atoms with van der Waals surface area (Å²) in [4.78, 5) is 47.1. The van der Waals surface area contributed by atoms with Crippen LogP contribution in [0.25, 0.3) is 11.6 Å². The molecule has 7 aromatic rings. The number of aromatic nitrogens is 8. The van der Waals surface area contributed by atoms with Crippen molar-refractivity contribution in [1.29, 1.82) is 0 Å². The summed E-state index contributed by atoms with van der Waals surface area (Å²) < 4.78 is 79.4. The molecule has 2 atom stereocenters. The summed E-state index contributed by atoms with van der Waals surface area (Å²) in [6.45, 7) is 19.2. The normalized spacial score (nSPS) is 19.6. The molecular formula is C68H87ClN14O9S2. The number of ether oxygens (including phenoxy) is 3. The van der Waals surface area contributed by atoms with Gasteiger partial charge in [-0.05, 0) is 207 Å². The Bertz CT molecular complexity index is 4080. The Morgan fingerprint density at radius 2 is 1.44 bits per heavy atom. The molecule has 6 aromatic heterocycles. The van der Waals surface area contributed by atoms with Gasteiger partial charge >= 0.3 is 0 Å². The highest BCUT2D eigenvalue weighted by atomic mass is 35.5. The molecule has 2 aliphatic carbocycles. The number of nitrogens with one attached hydrogen (secondary N) is 5. The Kier molecular flexibility index (Phi) is 20.3. The van der Waals surface area contributed by atoms with Gasteiger partial charge in [-0.1, -0.05) is 61.8 Å². The minimum atomic E-state index is -4.48. The first kappa shape index (κ1) is 67.5. The molecule has 94 heavy (non-hydrogen) atoms. The van der Waals surface area contributed by atoms with Gasteiger partial charge in [0.1, 0.15) is 29.2 Å². The summed E-state index contributed by atoms with van der Waals surface area (Å²) in [5.41, 5.74) is 2.12. The topological polar surface area (TPSA) is 281 Å². The number of halogens is 1. The Labute approximate surface area is 556 Å². The highest BCUT2D eigenvalue weighted by Crippen LogP contribution is 2.49. The van der Waals surface area contributed by atoms with Gasteiger partial charge in [0, 0.05) is 55.2 Å². The number of hydrogen-bond acceptors (Lipinski definition) is 19. The van der Waals surface area contributed by atoms with Gasteiger partial charge in [0.2, 0.25) is 16.8 Å². The first-order valence-electron chi connectivity index (χ1n) is 32.7. The van der Waals surface area contributed by atoms with E-state index in [4.69, 9.17) is 30.8 Å².